The van der Waals surface area contributed by atoms with E-state index < -0.39 is 11.8 Å². The van der Waals surface area contributed by atoms with Crippen LogP contribution >= 0.6 is 0 Å². The zero-order valence-corrected chi connectivity index (χ0v) is 17.5. The van der Waals surface area contributed by atoms with Gasteiger partial charge in [-0.2, -0.15) is 5.10 Å². The van der Waals surface area contributed by atoms with Crippen molar-refractivity contribution in [2.24, 2.45) is 11.5 Å². The van der Waals surface area contributed by atoms with Crippen molar-refractivity contribution in [3.8, 4) is 11.1 Å². The summed E-state index contributed by atoms with van der Waals surface area (Å²) in [6.07, 6.45) is 0.762. The minimum Gasteiger partial charge on any atom is -0.366 e. The Morgan fingerprint density at radius 2 is 1.84 bits per heavy atom. The Hall–Kier alpha value is -4.01. The first kappa shape index (κ1) is 20.3. The van der Waals surface area contributed by atoms with Gasteiger partial charge in [-0.1, -0.05) is 30.3 Å². The second kappa shape index (κ2) is 7.67. The number of aromatic nitrogens is 4. The molecule has 158 valence electrons. The third kappa shape index (κ3) is 3.43. The Morgan fingerprint density at radius 3 is 2.48 bits per heavy atom. The van der Waals surface area contributed by atoms with E-state index >= 15 is 0 Å². The van der Waals surface area contributed by atoms with Gasteiger partial charge in [-0.25, -0.2) is 4.98 Å². The molecule has 1 aromatic carbocycles. The molecule has 0 aliphatic rings. The Morgan fingerprint density at radius 1 is 1.10 bits per heavy atom. The molecule has 0 aliphatic carbocycles. The first-order valence-electron chi connectivity index (χ1n) is 9.83. The summed E-state index contributed by atoms with van der Waals surface area (Å²) in [5.41, 5.74) is 15.1. The highest BCUT2D eigenvalue weighted by Crippen LogP contribution is 2.36. The normalized spacial score (nSPS) is 11.2. The van der Waals surface area contributed by atoms with Crippen LogP contribution < -0.4 is 11.5 Å². The third-order valence-corrected chi connectivity index (χ3v) is 5.28. The van der Waals surface area contributed by atoms with Crippen molar-refractivity contribution in [3.05, 3.63) is 64.4 Å². The quantitative estimate of drug-likeness (QED) is 0.492. The van der Waals surface area contributed by atoms with Crippen LogP contribution in [0, 0.1) is 13.8 Å². The van der Waals surface area contributed by atoms with Crippen molar-refractivity contribution >= 4 is 22.7 Å². The van der Waals surface area contributed by atoms with Crippen molar-refractivity contribution in [2.75, 3.05) is 0 Å². The van der Waals surface area contributed by atoms with Gasteiger partial charge in [-0.15, -0.1) is 0 Å². The lowest BCUT2D eigenvalue weighted by Crippen LogP contribution is -2.21. The van der Waals surface area contributed by atoms with Gasteiger partial charge in [-0.05, 0) is 26.3 Å². The van der Waals surface area contributed by atoms with E-state index in [1.807, 2.05) is 19.9 Å². The average molecular weight is 418 g/mol. The number of primary amides is 2. The first-order valence-corrected chi connectivity index (χ1v) is 9.83. The number of hydrogen-bond acceptors (Lipinski definition) is 6. The minimum absolute atomic E-state index is 0.0221. The van der Waals surface area contributed by atoms with E-state index in [-0.39, 0.29) is 11.3 Å². The third-order valence-electron chi connectivity index (χ3n) is 5.28. The summed E-state index contributed by atoms with van der Waals surface area (Å²) in [5, 5.41) is 9.15. The van der Waals surface area contributed by atoms with Crippen LogP contribution in [-0.4, -0.2) is 31.7 Å². The van der Waals surface area contributed by atoms with E-state index in [1.54, 1.807) is 35.9 Å². The van der Waals surface area contributed by atoms with E-state index in [0.717, 1.165) is 12.1 Å². The summed E-state index contributed by atoms with van der Waals surface area (Å²) in [6.45, 7) is 5.98. The van der Waals surface area contributed by atoms with Gasteiger partial charge in [0, 0.05) is 28.3 Å². The molecule has 31 heavy (non-hydrogen) atoms. The first-order chi connectivity index (χ1) is 14.8. The topological polar surface area (TPSA) is 143 Å². The molecule has 4 aromatic rings. The number of fused-ring (bicyclic) bond motifs is 1. The molecule has 0 atom stereocenters. The van der Waals surface area contributed by atoms with Gasteiger partial charge >= 0.3 is 0 Å². The predicted octanol–water partition coefficient (Wildman–Crippen LogP) is 2.51. The van der Waals surface area contributed by atoms with Gasteiger partial charge in [0.1, 0.15) is 12.2 Å². The molecule has 4 N–H and O–H groups in total. The molecular weight excluding hydrogens is 396 g/mol. The van der Waals surface area contributed by atoms with E-state index in [1.165, 1.54) is 0 Å². The number of pyridine rings is 1. The summed E-state index contributed by atoms with van der Waals surface area (Å²) in [4.78, 5) is 29.3. The van der Waals surface area contributed by atoms with Crippen molar-refractivity contribution in [1.82, 2.24) is 19.9 Å². The summed E-state index contributed by atoms with van der Waals surface area (Å²) < 4.78 is 7.11. The smallest absolute Gasteiger partial charge is 0.267 e. The minimum atomic E-state index is -0.752. The number of carbonyl (C=O) groups is 2. The SMILES string of the molecule is CCc1cc(Cn2nc(C)c(-c3c(C(N)=O)nc4ccccc4c3C(N)=O)c2C)on1. The van der Waals surface area contributed by atoms with Gasteiger partial charge in [0.2, 0.25) is 5.91 Å². The Kier molecular flexibility index (Phi) is 5.02. The fourth-order valence-corrected chi connectivity index (χ4v) is 3.85. The summed E-state index contributed by atoms with van der Waals surface area (Å²) in [7, 11) is 0. The Balaban J connectivity index is 1.97. The van der Waals surface area contributed by atoms with Gasteiger partial charge in [0.25, 0.3) is 5.91 Å². The highest BCUT2D eigenvalue weighted by molar-refractivity contribution is 6.15. The zero-order valence-electron chi connectivity index (χ0n) is 17.5. The lowest BCUT2D eigenvalue weighted by atomic mass is 9.92. The van der Waals surface area contributed by atoms with Crippen LogP contribution in [0.15, 0.2) is 34.9 Å². The maximum Gasteiger partial charge on any atom is 0.267 e. The fraction of sp³-hybridized carbons (Fsp3) is 0.227. The van der Waals surface area contributed by atoms with Crippen molar-refractivity contribution in [2.45, 2.75) is 33.7 Å². The molecule has 0 saturated carbocycles. The maximum atomic E-state index is 12.5. The number of amides is 2. The molecule has 0 spiro atoms. The molecule has 9 heteroatoms. The molecule has 2 amide bonds. The monoisotopic (exact) mass is 418 g/mol. The molecule has 0 saturated heterocycles. The summed E-state index contributed by atoms with van der Waals surface area (Å²) >= 11 is 0. The maximum absolute atomic E-state index is 12.5. The summed E-state index contributed by atoms with van der Waals surface area (Å²) in [6, 6.07) is 8.86. The number of carbonyl (C=O) groups excluding carboxylic acids is 2. The second-order valence-corrected chi connectivity index (χ2v) is 7.30. The number of benzene rings is 1. The van der Waals surface area contributed by atoms with Crippen LogP contribution in [0.1, 0.15) is 50.6 Å². The number of nitrogens with zero attached hydrogens (tertiary/aromatic N) is 4. The molecular formula is C22H22N6O3. The Bertz CT molecular complexity index is 1330. The number of aryl methyl sites for hydroxylation is 2. The number of para-hydroxylation sites is 1. The second-order valence-electron chi connectivity index (χ2n) is 7.30. The molecule has 0 aliphatic heterocycles. The lowest BCUT2D eigenvalue weighted by molar-refractivity contribution is 0.0996. The standard InChI is InChI=1S/C22H22N6O3/c1-4-13-9-14(31-27-13)10-28-12(3)17(11(2)26-28)19-18(21(23)29)15-7-5-6-8-16(15)25-20(19)22(24)30/h5-9H,4,10H2,1-3H3,(H2,23,29)(H2,24,30). The van der Waals surface area contributed by atoms with E-state index in [2.05, 4.69) is 15.2 Å². The van der Waals surface area contributed by atoms with Crippen LogP contribution in [0.2, 0.25) is 0 Å². The number of rotatable bonds is 6. The van der Waals surface area contributed by atoms with E-state index in [4.69, 9.17) is 16.0 Å². The highest BCUT2D eigenvalue weighted by atomic mass is 16.5. The lowest BCUT2D eigenvalue weighted by Gasteiger charge is -2.14. The van der Waals surface area contributed by atoms with Crippen LogP contribution in [0.3, 0.4) is 0 Å². The van der Waals surface area contributed by atoms with E-state index in [0.29, 0.717) is 45.7 Å². The Labute approximate surface area is 178 Å². The van der Waals surface area contributed by atoms with Crippen LogP contribution in [0.25, 0.3) is 22.0 Å². The molecule has 3 aromatic heterocycles. The van der Waals surface area contributed by atoms with Gasteiger partial charge in [0.15, 0.2) is 5.76 Å². The highest BCUT2D eigenvalue weighted by Gasteiger charge is 2.27. The molecule has 4 rings (SSSR count). The average Bonchev–Trinajstić information content (AvgIpc) is 3.30. The van der Waals surface area contributed by atoms with Crippen molar-refractivity contribution in [3.63, 3.8) is 0 Å². The molecule has 9 nitrogen and oxygen atoms in total. The number of hydrogen-bond donors (Lipinski definition) is 2. The van der Waals surface area contributed by atoms with Crippen LogP contribution in [0.5, 0.6) is 0 Å². The van der Waals surface area contributed by atoms with Crippen LogP contribution in [0.4, 0.5) is 0 Å². The molecule has 0 bridgehead atoms. The van der Waals surface area contributed by atoms with E-state index in [9.17, 15) is 9.59 Å². The van der Waals surface area contributed by atoms with Crippen molar-refractivity contribution in [1.29, 1.82) is 0 Å². The van der Waals surface area contributed by atoms with Gasteiger partial charge in [0.05, 0.1) is 22.5 Å². The molecule has 0 radical (unpaired) electrons. The van der Waals surface area contributed by atoms with Gasteiger partial charge < -0.3 is 16.0 Å². The molecule has 3 heterocycles. The molecule has 0 fully saturated rings. The van der Waals surface area contributed by atoms with Crippen LogP contribution in [-0.2, 0) is 13.0 Å². The fourth-order valence-electron chi connectivity index (χ4n) is 3.85. The predicted molar refractivity (Wildman–Crippen MR) is 114 cm³/mol. The zero-order chi connectivity index (χ0) is 22.3. The number of nitrogens with two attached hydrogens (primary N) is 2. The van der Waals surface area contributed by atoms with Gasteiger partial charge in [-0.3, -0.25) is 14.3 Å². The molecule has 0 unspecified atom stereocenters. The van der Waals surface area contributed by atoms with Crippen molar-refractivity contribution < 1.29 is 14.1 Å². The largest absolute Gasteiger partial charge is 0.366 e. The summed E-state index contributed by atoms with van der Waals surface area (Å²) in [5.74, 6) is -0.779.